The molecule has 0 amide bonds. The van der Waals surface area contributed by atoms with Crippen molar-refractivity contribution in [2.24, 2.45) is 11.3 Å². The van der Waals surface area contributed by atoms with Gasteiger partial charge in [0.05, 0.1) is 6.10 Å². The third-order valence-electron chi connectivity index (χ3n) is 6.03. The van der Waals surface area contributed by atoms with Crippen LogP contribution in [-0.4, -0.2) is 29.8 Å². The third kappa shape index (κ3) is 2.41. The van der Waals surface area contributed by atoms with Gasteiger partial charge in [-0.25, -0.2) is 4.79 Å². The van der Waals surface area contributed by atoms with Gasteiger partial charge in [-0.15, -0.1) is 0 Å². The zero-order valence-corrected chi connectivity index (χ0v) is 14.4. The van der Waals surface area contributed by atoms with Crippen molar-refractivity contribution < 1.29 is 14.3 Å². The Balaban J connectivity index is 1.57. The molecule has 5 heteroatoms. The maximum Gasteiger partial charge on any atom is 0.344 e. The summed E-state index contributed by atoms with van der Waals surface area (Å²) in [5.41, 5.74) is 1.72. The number of aryl methyl sites for hydroxylation is 2. The molecule has 5 nitrogen and oxygen atoms in total. The molecule has 3 atom stereocenters. The first kappa shape index (κ1) is 15.9. The van der Waals surface area contributed by atoms with Gasteiger partial charge in [0, 0.05) is 23.6 Å². The molecule has 1 aromatic rings. The molecule has 4 rings (SSSR count). The number of nitrogens with one attached hydrogen (secondary N) is 1. The lowest BCUT2D eigenvalue weighted by atomic mass is 9.59. The number of fused-ring (bicyclic) bond motifs is 2. The Labute approximate surface area is 141 Å². The fourth-order valence-corrected chi connectivity index (χ4v) is 4.70. The highest BCUT2D eigenvalue weighted by atomic mass is 16.6. The number of rotatable bonds is 2. The van der Waals surface area contributed by atoms with Gasteiger partial charge in [0.15, 0.2) is 0 Å². The molecule has 1 saturated heterocycles. The molecule has 0 bridgehead atoms. The number of aromatic amines is 1. The predicted molar refractivity (Wildman–Crippen MR) is 89.2 cm³/mol. The SMILES string of the molecule is CC1(C)[C@@H]2OCC[C@@H]2[C@@H]1OC(=O)c1cc2c([nH]c1=O)CCCCC2. The lowest BCUT2D eigenvalue weighted by Crippen LogP contribution is -2.61. The molecule has 24 heavy (non-hydrogen) atoms. The highest BCUT2D eigenvalue weighted by Crippen LogP contribution is 2.53. The molecule has 1 N–H and O–H groups in total. The number of carbonyl (C=O) groups is 1. The van der Waals surface area contributed by atoms with Crippen molar-refractivity contribution in [2.45, 2.75) is 64.6 Å². The summed E-state index contributed by atoms with van der Waals surface area (Å²) in [7, 11) is 0. The molecule has 0 unspecified atom stereocenters. The van der Waals surface area contributed by atoms with Gasteiger partial charge in [-0.1, -0.05) is 20.3 Å². The standard InChI is InChI=1S/C19H25NO4/c1-19(2)15-12(8-9-23-15)16(19)24-18(22)13-10-11-6-4-3-5-7-14(11)20-17(13)21/h10,12,15-16H,3-9H2,1-2H3,(H,20,21)/t12-,15+,16-/m0/s1. The van der Waals surface area contributed by atoms with E-state index in [1.165, 1.54) is 0 Å². The van der Waals surface area contributed by atoms with Gasteiger partial charge in [0.2, 0.25) is 0 Å². The predicted octanol–water partition coefficient (Wildman–Crippen LogP) is 2.61. The number of carbonyl (C=O) groups excluding carboxylic acids is 1. The minimum absolute atomic E-state index is 0.147. The van der Waals surface area contributed by atoms with Crippen molar-refractivity contribution in [3.63, 3.8) is 0 Å². The first-order chi connectivity index (χ1) is 11.5. The molecule has 130 valence electrons. The van der Waals surface area contributed by atoms with E-state index in [9.17, 15) is 9.59 Å². The van der Waals surface area contributed by atoms with E-state index in [1.54, 1.807) is 6.07 Å². The summed E-state index contributed by atoms with van der Waals surface area (Å²) >= 11 is 0. The van der Waals surface area contributed by atoms with E-state index < -0.39 is 5.97 Å². The van der Waals surface area contributed by atoms with Gasteiger partial charge in [-0.2, -0.15) is 0 Å². The molecular weight excluding hydrogens is 306 g/mol. The Bertz CT molecular complexity index is 721. The van der Waals surface area contributed by atoms with E-state index >= 15 is 0 Å². The van der Waals surface area contributed by atoms with Crippen LogP contribution in [0, 0.1) is 11.3 Å². The second-order valence-electron chi connectivity index (χ2n) is 7.97. The third-order valence-corrected chi connectivity index (χ3v) is 6.03. The van der Waals surface area contributed by atoms with Crippen LogP contribution in [0.3, 0.4) is 0 Å². The molecule has 1 aliphatic heterocycles. The summed E-state index contributed by atoms with van der Waals surface area (Å²) < 4.78 is 11.5. The van der Waals surface area contributed by atoms with Gasteiger partial charge < -0.3 is 14.5 Å². The number of ether oxygens (including phenoxy) is 2. The van der Waals surface area contributed by atoms with E-state index in [2.05, 4.69) is 18.8 Å². The van der Waals surface area contributed by atoms with Crippen LogP contribution in [0.2, 0.25) is 0 Å². The molecule has 3 aliphatic rings. The number of hydrogen-bond acceptors (Lipinski definition) is 4. The Morgan fingerprint density at radius 3 is 2.92 bits per heavy atom. The first-order valence-electron chi connectivity index (χ1n) is 9.06. The normalized spacial score (nSPS) is 30.7. The fourth-order valence-electron chi connectivity index (χ4n) is 4.70. The second-order valence-corrected chi connectivity index (χ2v) is 7.97. The van der Waals surface area contributed by atoms with Crippen molar-refractivity contribution in [2.75, 3.05) is 6.61 Å². The molecule has 2 heterocycles. The number of aromatic nitrogens is 1. The summed E-state index contributed by atoms with van der Waals surface area (Å²) in [6.07, 6.45) is 6.08. The minimum atomic E-state index is -0.494. The van der Waals surface area contributed by atoms with Gasteiger partial charge in [0.25, 0.3) is 5.56 Å². The van der Waals surface area contributed by atoms with Crippen LogP contribution in [-0.2, 0) is 22.3 Å². The van der Waals surface area contributed by atoms with Crippen LogP contribution >= 0.6 is 0 Å². The zero-order valence-electron chi connectivity index (χ0n) is 14.4. The van der Waals surface area contributed by atoms with Crippen molar-refractivity contribution >= 4 is 5.97 Å². The lowest BCUT2D eigenvalue weighted by Gasteiger charge is -2.53. The summed E-state index contributed by atoms with van der Waals surface area (Å²) in [4.78, 5) is 27.9. The van der Waals surface area contributed by atoms with Gasteiger partial charge in [-0.05, 0) is 43.7 Å². The van der Waals surface area contributed by atoms with Gasteiger partial charge in [-0.3, -0.25) is 4.79 Å². The quantitative estimate of drug-likeness (QED) is 0.668. The Morgan fingerprint density at radius 1 is 1.29 bits per heavy atom. The fraction of sp³-hybridized carbons (Fsp3) is 0.684. The highest BCUT2D eigenvalue weighted by Gasteiger charge is 2.61. The minimum Gasteiger partial charge on any atom is -0.458 e. The highest BCUT2D eigenvalue weighted by molar-refractivity contribution is 5.89. The average Bonchev–Trinajstić information content (AvgIpc) is 2.89. The largest absolute Gasteiger partial charge is 0.458 e. The number of esters is 1. The van der Waals surface area contributed by atoms with Crippen molar-refractivity contribution in [1.82, 2.24) is 4.98 Å². The van der Waals surface area contributed by atoms with Crippen molar-refractivity contribution in [3.05, 3.63) is 33.2 Å². The average molecular weight is 331 g/mol. The lowest BCUT2D eigenvalue weighted by molar-refractivity contribution is -0.183. The van der Waals surface area contributed by atoms with Crippen molar-refractivity contribution in [3.8, 4) is 0 Å². The zero-order chi connectivity index (χ0) is 16.9. The van der Waals surface area contributed by atoms with Gasteiger partial charge >= 0.3 is 5.97 Å². The van der Waals surface area contributed by atoms with Crippen molar-refractivity contribution in [1.29, 1.82) is 0 Å². The van der Waals surface area contributed by atoms with Crippen LogP contribution in [0.1, 0.15) is 61.1 Å². The molecule has 1 aromatic heterocycles. The number of H-pyrrole nitrogens is 1. The number of pyridine rings is 1. The topological polar surface area (TPSA) is 68.4 Å². The summed E-state index contributed by atoms with van der Waals surface area (Å²) in [6.45, 7) is 4.86. The molecule has 1 saturated carbocycles. The van der Waals surface area contributed by atoms with E-state index in [0.29, 0.717) is 0 Å². The van der Waals surface area contributed by atoms with Crippen LogP contribution in [0.4, 0.5) is 0 Å². The second kappa shape index (κ2) is 5.73. The Kier molecular flexibility index (Phi) is 3.79. The monoisotopic (exact) mass is 331 g/mol. The van der Waals surface area contributed by atoms with Crippen LogP contribution in [0.15, 0.2) is 10.9 Å². The van der Waals surface area contributed by atoms with E-state index in [0.717, 1.165) is 56.4 Å². The molecule has 0 aromatic carbocycles. The van der Waals surface area contributed by atoms with Gasteiger partial charge in [0.1, 0.15) is 11.7 Å². The first-order valence-corrected chi connectivity index (χ1v) is 9.06. The van der Waals surface area contributed by atoms with Crippen LogP contribution in [0.25, 0.3) is 0 Å². The molecule has 2 aliphatic carbocycles. The summed E-state index contributed by atoms with van der Waals surface area (Å²) in [5, 5.41) is 0. The smallest absolute Gasteiger partial charge is 0.344 e. The van der Waals surface area contributed by atoms with E-state index in [1.807, 2.05) is 0 Å². The Hall–Kier alpha value is -1.62. The Morgan fingerprint density at radius 2 is 2.08 bits per heavy atom. The van der Waals surface area contributed by atoms with E-state index in [-0.39, 0.29) is 34.7 Å². The molecular formula is C19H25NO4. The molecule has 2 fully saturated rings. The maximum atomic E-state index is 12.6. The van der Waals surface area contributed by atoms with Crippen LogP contribution in [0.5, 0.6) is 0 Å². The summed E-state index contributed by atoms with van der Waals surface area (Å²) in [6, 6.07) is 1.76. The van der Waals surface area contributed by atoms with E-state index in [4.69, 9.17) is 9.47 Å². The number of hydrogen-bond donors (Lipinski definition) is 1. The summed E-state index contributed by atoms with van der Waals surface area (Å²) in [5.74, 6) is -0.226. The maximum absolute atomic E-state index is 12.6. The molecule has 0 radical (unpaired) electrons. The molecule has 0 spiro atoms. The van der Waals surface area contributed by atoms with Crippen LogP contribution < -0.4 is 5.56 Å².